The molecule has 2 aliphatic heterocycles. The number of carbonyl (C=O) groups is 1. The summed E-state index contributed by atoms with van der Waals surface area (Å²) in [4.78, 5) is 12.5. The molecule has 8 heteroatoms. The molecular formula is C33H46O8. The van der Waals surface area contributed by atoms with E-state index in [1.165, 1.54) is 5.56 Å². The molecule has 1 aromatic rings. The quantitative estimate of drug-likeness (QED) is 0.120. The average Bonchev–Trinajstić information content (AvgIpc) is 3.32. The van der Waals surface area contributed by atoms with E-state index in [-0.39, 0.29) is 24.4 Å². The molecule has 0 spiro atoms. The smallest absolute Gasteiger partial charge is 0.364 e. The Morgan fingerprint density at radius 2 is 1.78 bits per heavy atom. The minimum atomic E-state index is -1.91. The molecule has 2 heterocycles. The van der Waals surface area contributed by atoms with Gasteiger partial charge in [-0.1, -0.05) is 24.3 Å². The zero-order valence-electron chi connectivity index (χ0n) is 24.2. The standard InChI is InChI=1S/C33H46O8/c1-25-12-11-14-27(24-25)37-21-8-4-13-26-18-19-29(34)28(26)15-3-2-7-20-33(32(35)36,40-30-16-5-9-22-38-30)41-31-17-6-10-23-39-31/h3-4,7,11-14,24,26,28-31,34H,5-6,8-10,15-23H2,1H3,(H,35,36)/b13-4+/t2?,26-,28+,29-,30?,31?,33?/m0/s1. The topological polar surface area (TPSA) is 104 Å². The number of ether oxygens (including phenoxy) is 5. The van der Waals surface area contributed by atoms with Crippen LogP contribution in [0.5, 0.6) is 5.75 Å². The van der Waals surface area contributed by atoms with Crippen molar-refractivity contribution in [1.29, 1.82) is 0 Å². The lowest BCUT2D eigenvalue weighted by molar-refractivity contribution is -0.349. The average molecular weight is 571 g/mol. The number of allylic oxidation sites excluding steroid dienone is 1. The van der Waals surface area contributed by atoms with Crippen LogP contribution < -0.4 is 4.74 Å². The first-order chi connectivity index (χ1) is 19.9. The third-order valence-electron chi connectivity index (χ3n) is 8.01. The predicted octanol–water partition coefficient (Wildman–Crippen LogP) is 6.07. The fourth-order valence-electron chi connectivity index (χ4n) is 5.69. The monoisotopic (exact) mass is 570 g/mol. The lowest BCUT2D eigenvalue weighted by Crippen LogP contribution is -2.50. The summed E-state index contributed by atoms with van der Waals surface area (Å²) in [6.45, 7) is 3.73. The molecule has 5 atom stereocenters. The third kappa shape index (κ3) is 9.81. The van der Waals surface area contributed by atoms with Crippen LogP contribution in [0, 0.1) is 18.8 Å². The van der Waals surface area contributed by atoms with Crippen LogP contribution in [0.4, 0.5) is 0 Å². The number of aliphatic hydroxyl groups is 1. The van der Waals surface area contributed by atoms with Crippen LogP contribution in [0.3, 0.4) is 0 Å². The van der Waals surface area contributed by atoms with Crippen molar-refractivity contribution >= 4 is 5.97 Å². The summed E-state index contributed by atoms with van der Waals surface area (Å²) in [5.74, 6) is -1.87. The molecule has 3 aliphatic rings. The van der Waals surface area contributed by atoms with Gasteiger partial charge in [-0.2, -0.15) is 0 Å². The molecule has 8 nitrogen and oxygen atoms in total. The maximum atomic E-state index is 12.5. The van der Waals surface area contributed by atoms with Gasteiger partial charge in [-0.25, -0.2) is 4.79 Å². The number of aliphatic carboxylic acids is 1. The zero-order chi connectivity index (χ0) is 28.9. The molecule has 1 aliphatic carbocycles. The van der Waals surface area contributed by atoms with Gasteiger partial charge in [-0.15, -0.1) is 5.73 Å². The van der Waals surface area contributed by atoms with Crippen LogP contribution in [0.15, 0.2) is 54.3 Å². The van der Waals surface area contributed by atoms with E-state index in [1.54, 1.807) is 6.08 Å². The van der Waals surface area contributed by atoms with Gasteiger partial charge in [0.2, 0.25) is 0 Å². The van der Waals surface area contributed by atoms with Crippen LogP contribution in [-0.2, 0) is 23.7 Å². The lowest BCUT2D eigenvalue weighted by Gasteiger charge is -2.37. The van der Waals surface area contributed by atoms with Crippen LogP contribution in [-0.4, -0.2) is 60.5 Å². The molecule has 1 aromatic carbocycles. The molecule has 226 valence electrons. The normalized spacial score (nSPS) is 28.1. The molecule has 0 aromatic heterocycles. The van der Waals surface area contributed by atoms with Gasteiger partial charge < -0.3 is 33.9 Å². The molecule has 0 radical (unpaired) electrons. The molecule has 0 bridgehead atoms. The first-order valence-corrected chi connectivity index (χ1v) is 15.2. The van der Waals surface area contributed by atoms with Crippen LogP contribution in [0.1, 0.15) is 76.2 Å². The number of carboxylic acid groups (broad SMARTS) is 1. The van der Waals surface area contributed by atoms with Crippen LogP contribution in [0.2, 0.25) is 0 Å². The molecule has 4 rings (SSSR count). The fourth-order valence-corrected chi connectivity index (χ4v) is 5.69. The summed E-state index contributed by atoms with van der Waals surface area (Å²) < 4.78 is 29.2. The summed E-state index contributed by atoms with van der Waals surface area (Å²) in [6, 6.07) is 8.03. The van der Waals surface area contributed by atoms with Gasteiger partial charge in [0, 0.05) is 19.6 Å². The van der Waals surface area contributed by atoms with E-state index in [0.717, 1.165) is 50.7 Å². The number of benzene rings is 1. The van der Waals surface area contributed by atoms with Gasteiger partial charge in [0.1, 0.15) is 5.75 Å². The highest BCUT2D eigenvalue weighted by atomic mass is 16.8. The van der Waals surface area contributed by atoms with E-state index in [9.17, 15) is 15.0 Å². The minimum Gasteiger partial charge on any atom is -0.493 e. The van der Waals surface area contributed by atoms with Crippen molar-refractivity contribution < 1.29 is 38.7 Å². The SMILES string of the molecule is Cc1cccc(OCC/C=C/[C@H]2CC[C@H](O)[C@@H]2CC=C=CCC(OC2CCCCO2)(OC2CCCCO2)C(=O)O)c1. The van der Waals surface area contributed by atoms with Crippen LogP contribution >= 0.6 is 0 Å². The van der Waals surface area contributed by atoms with E-state index in [1.807, 2.05) is 37.3 Å². The minimum absolute atomic E-state index is 0.0317. The van der Waals surface area contributed by atoms with Gasteiger partial charge in [0.05, 0.1) is 12.7 Å². The van der Waals surface area contributed by atoms with Gasteiger partial charge in [-0.05, 0) is 113 Å². The molecule has 0 amide bonds. The highest BCUT2D eigenvalue weighted by molar-refractivity contribution is 5.76. The highest BCUT2D eigenvalue weighted by Gasteiger charge is 2.46. The molecule has 2 saturated heterocycles. The van der Waals surface area contributed by atoms with Gasteiger partial charge in [-0.3, -0.25) is 0 Å². The van der Waals surface area contributed by atoms with Crippen molar-refractivity contribution in [2.75, 3.05) is 19.8 Å². The summed E-state index contributed by atoms with van der Waals surface area (Å²) >= 11 is 0. The summed E-state index contributed by atoms with van der Waals surface area (Å²) in [5, 5.41) is 20.8. The Balaban J connectivity index is 1.32. The first kappa shape index (κ1) is 31.5. The summed E-state index contributed by atoms with van der Waals surface area (Å²) in [6.07, 6.45) is 14.3. The largest absolute Gasteiger partial charge is 0.493 e. The van der Waals surface area contributed by atoms with Crippen molar-refractivity contribution in [2.45, 2.75) is 102 Å². The number of rotatable bonds is 14. The number of aliphatic hydroxyl groups excluding tert-OH is 1. The first-order valence-electron chi connectivity index (χ1n) is 15.2. The fraction of sp³-hybridized carbons (Fsp3) is 0.636. The van der Waals surface area contributed by atoms with Gasteiger partial charge >= 0.3 is 5.97 Å². The summed E-state index contributed by atoms with van der Waals surface area (Å²) in [7, 11) is 0. The van der Waals surface area contributed by atoms with Gasteiger partial charge in [0.25, 0.3) is 5.79 Å². The number of carboxylic acids is 1. The van der Waals surface area contributed by atoms with Gasteiger partial charge in [0.15, 0.2) is 12.6 Å². The predicted molar refractivity (Wildman–Crippen MR) is 154 cm³/mol. The van der Waals surface area contributed by atoms with Crippen molar-refractivity contribution in [3.63, 3.8) is 0 Å². The van der Waals surface area contributed by atoms with Crippen molar-refractivity contribution in [2.24, 2.45) is 11.8 Å². The number of hydrogen-bond acceptors (Lipinski definition) is 7. The Morgan fingerprint density at radius 3 is 2.41 bits per heavy atom. The van der Waals surface area contributed by atoms with E-state index < -0.39 is 24.3 Å². The zero-order valence-corrected chi connectivity index (χ0v) is 24.2. The Hall–Kier alpha value is -2.45. The maximum Gasteiger partial charge on any atom is 0.364 e. The lowest BCUT2D eigenvalue weighted by atomic mass is 9.91. The molecular weight excluding hydrogens is 524 g/mol. The molecule has 2 N–H and O–H groups in total. The van der Waals surface area contributed by atoms with Crippen molar-refractivity contribution in [3.8, 4) is 5.75 Å². The van der Waals surface area contributed by atoms with E-state index >= 15 is 0 Å². The Labute approximate surface area is 244 Å². The Morgan fingerprint density at radius 1 is 1.05 bits per heavy atom. The third-order valence-corrected chi connectivity index (χ3v) is 8.01. The second-order valence-electron chi connectivity index (χ2n) is 11.3. The maximum absolute atomic E-state index is 12.5. The van der Waals surface area contributed by atoms with Crippen molar-refractivity contribution in [3.05, 3.63) is 59.9 Å². The molecule has 1 saturated carbocycles. The van der Waals surface area contributed by atoms with E-state index in [0.29, 0.717) is 39.1 Å². The second-order valence-corrected chi connectivity index (χ2v) is 11.3. The Kier molecular flexibility index (Phi) is 12.5. The molecule has 41 heavy (non-hydrogen) atoms. The van der Waals surface area contributed by atoms with E-state index in [4.69, 9.17) is 23.7 Å². The Bertz CT molecular complexity index is 1010. The van der Waals surface area contributed by atoms with E-state index in [2.05, 4.69) is 17.9 Å². The molecule has 2 unspecified atom stereocenters. The highest BCUT2D eigenvalue weighted by Crippen LogP contribution is 2.36. The van der Waals surface area contributed by atoms with Crippen LogP contribution in [0.25, 0.3) is 0 Å². The molecule has 3 fully saturated rings. The number of aryl methyl sites for hydroxylation is 1. The van der Waals surface area contributed by atoms with Crippen molar-refractivity contribution in [1.82, 2.24) is 0 Å². The summed E-state index contributed by atoms with van der Waals surface area (Å²) in [5.41, 5.74) is 4.30. The second kappa shape index (κ2) is 16.3. The number of hydrogen-bond donors (Lipinski definition) is 2.